The summed E-state index contributed by atoms with van der Waals surface area (Å²) in [5, 5.41) is 2.58. The normalized spacial score (nSPS) is 14.0. The molecule has 1 saturated heterocycles. The van der Waals surface area contributed by atoms with E-state index in [4.69, 9.17) is 11.6 Å². The Hall–Kier alpha value is -3.43. The number of likely N-dealkylation sites (tertiary alicyclic amines) is 1. The Morgan fingerprint density at radius 1 is 1.05 bits per heavy atom. The van der Waals surface area contributed by atoms with Crippen LogP contribution in [0.2, 0.25) is 5.02 Å². The predicted octanol–water partition coefficient (Wildman–Crippen LogP) is 8.69. The molecule has 2 aromatic heterocycles. The van der Waals surface area contributed by atoms with Gasteiger partial charge in [0.15, 0.2) is 0 Å². The van der Waals surface area contributed by atoms with E-state index in [1.165, 1.54) is 23.5 Å². The smallest absolute Gasteiger partial charge is 0.339 e. The number of carbonyl (C=O) groups excluding carboxylic acids is 1. The number of thiazole rings is 1. The molecule has 0 atom stereocenters. The number of aromatic nitrogens is 2. The quantitative estimate of drug-likeness (QED) is 0.206. The molecule has 43 heavy (non-hydrogen) atoms. The summed E-state index contributed by atoms with van der Waals surface area (Å²) in [7, 11) is 0. The molecule has 0 unspecified atom stereocenters. The fourth-order valence-corrected chi connectivity index (χ4v) is 6.51. The minimum atomic E-state index is -4.44. The molecule has 0 bridgehead atoms. The molecule has 0 aliphatic carbocycles. The molecule has 0 spiro atoms. The van der Waals surface area contributed by atoms with Gasteiger partial charge in [0, 0.05) is 34.7 Å². The number of nitrogens with zero attached hydrogens (tertiary/aromatic N) is 3. The molecule has 0 saturated carbocycles. The van der Waals surface area contributed by atoms with E-state index in [0.29, 0.717) is 64.2 Å². The van der Waals surface area contributed by atoms with Crippen molar-refractivity contribution in [2.45, 2.75) is 59.1 Å². The van der Waals surface area contributed by atoms with Gasteiger partial charge in [-0.2, -0.15) is 13.2 Å². The number of piperidine rings is 1. The first-order valence-corrected chi connectivity index (χ1v) is 15.7. The van der Waals surface area contributed by atoms with Crippen molar-refractivity contribution < 1.29 is 18.0 Å². The van der Waals surface area contributed by atoms with Gasteiger partial charge in [-0.15, -0.1) is 11.3 Å². The summed E-state index contributed by atoms with van der Waals surface area (Å²) in [6.07, 6.45) is -0.376. The van der Waals surface area contributed by atoms with Gasteiger partial charge >= 0.3 is 6.18 Å². The van der Waals surface area contributed by atoms with Crippen LogP contribution in [0.15, 0.2) is 58.7 Å². The molecule has 1 amide bonds. The Labute approximate surface area is 258 Å². The van der Waals surface area contributed by atoms with Crippen molar-refractivity contribution in [2.24, 2.45) is 5.92 Å². The first-order valence-electron chi connectivity index (χ1n) is 14.5. The monoisotopic (exact) mass is 627 g/mol. The fraction of sp³-hybridized carbons (Fsp3) is 0.364. The van der Waals surface area contributed by atoms with E-state index in [1.807, 2.05) is 31.7 Å². The third kappa shape index (κ3) is 6.58. The highest BCUT2D eigenvalue weighted by atomic mass is 35.5. The molecule has 226 valence electrons. The molecule has 10 heteroatoms. The SMILES string of the molecule is CCc1ccc(Cl)cc1-n1c(CC(C)C)c(C(=O)N2CCCCC2)cc(-c2nc(-c3ccc(C(F)(F)F)cc3)cs2)c1=O. The number of benzene rings is 2. The van der Waals surface area contributed by atoms with Crippen molar-refractivity contribution in [3.8, 4) is 27.5 Å². The summed E-state index contributed by atoms with van der Waals surface area (Å²) in [5.41, 5.74) is 2.78. The zero-order chi connectivity index (χ0) is 30.9. The standard InChI is InChI=1S/C33H33ClF3N3O2S/c1-4-21-10-13-24(34)17-28(21)40-29(16-20(2)3)25(31(41)39-14-6-5-7-15-39)18-26(32(40)42)30-38-27(19-43-30)22-8-11-23(12-9-22)33(35,36)37/h8-13,17-20H,4-7,14-16H2,1-3H3. The number of amides is 1. The second-order valence-corrected chi connectivity index (χ2v) is 12.5. The maximum absolute atomic E-state index is 14.4. The van der Waals surface area contributed by atoms with Crippen molar-refractivity contribution >= 4 is 28.8 Å². The van der Waals surface area contributed by atoms with Crippen LogP contribution in [0.25, 0.3) is 27.5 Å². The van der Waals surface area contributed by atoms with Gasteiger partial charge in [-0.3, -0.25) is 14.2 Å². The van der Waals surface area contributed by atoms with Crippen molar-refractivity contribution in [1.29, 1.82) is 0 Å². The van der Waals surface area contributed by atoms with Crippen molar-refractivity contribution in [2.75, 3.05) is 13.1 Å². The van der Waals surface area contributed by atoms with Crippen molar-refractivity contribution in [3.05, 3.63) is 91.7 Å². The Balaban J connectivity index is 1.73. The lowest BCUT2D eigenvalue weighted by Gasteiger charge is -2.29. The van der Waals surface area contributed by atoms with Crippen LogP contribution in [-0.4, -0.2) is 33.4 Å². The predicted molar refractivity (Wildman–Crippen MR) is 166 cm³/mol. The molecular weight excluding hydrogens is 595 g/mol. The van der Waals surface area contributed by atoms with Crippen LogP contribution < -0.4 is 5.56 Å². The number of hydrogen-bond donors (Lipinski definition) is 0. The van der Waals surface area contributed by atoms with E-state index in [2.05, 4.69) is 4.98 Å². The average molecular weight is 628 g/mol. The molecule has 0 N–H and O–H groups in total. The van der Waals surface area contributed by atoms with Crippen LogP contribution >= 0.6 is 22.9 Å². The zero-order valence-electron chi connectivity index (χ0n) is 24.3. The molecule has 5 rings (SSSR count). The van der Waals surface area contributed by atoms with Gasteiger partial charge in [0.25, 0.3) is 11.5 Å². The summed E-state index contributed by atoms with van der Waals surface area (Å²) in [5.74, 6) is 0.0322. The number of rotatable bonds is 7. The number of carbonyl (C=O) groups is 1. The van der Waals surface area contributed by atoms with Crippen LogP contribution in [0.4, 0.5) is 13.2 Å². The van der Waals surface area contributed by atoms with Gasteiger partial charge < -0.3 is 4.90 Å². The minimum absolute atomic E-state index is 0.120. The molecule has 1 aliphatic rings. The second kappa shape index (κ2) is 12.7. The van der Waals surface area contributed by atoms with E-state index in [1.54, 1.807) is 28.1 Å². The fourth-order valence-electron chi connectivity index (χ4n) is 5.51. The van der Waals surface area contributed by atoms with Gasteiger partial charge in [-0.25, -0.2) is 4.98 Å². The summed E-state index contributed by atoms with van der Waals surface area (Å²) < 4.78 is 41.0. The van der Waals surface area contributed by atoms with E-state index < -0.39 is 11.7 Å². The number of halogens is 4. The van der Waals surface area contributed by atoms with Gasteiger partial charge in [0.05, 0.1) is 28.1 Å². The lowest BCUT2D eigenvalue weighted by atomic mass is 9.98. The highest BCUT2D eigenvalue weighted by molar-refractivity contribution is 7.13. The molecule has 3 heterocycles. The Kier molecular flexibility index (Phi) is 9.13. The molecule has 1 aliphatic heterocycles. The first kappa shape index (κ1) is 31.0. The summed E-state index contributed by atoms with van der Waals surface area (Å²) in [4.78, 5) is 35.1. The van der Waals surface area contributed by atoms with Crippen molar-refractivity contribution in [1.82, 2.24) is 14.5 Å². The molecular formula is C33H33ClF3N3O2S. The van der Waals surface area contributed by atoms with E-state index in [9.17, 15) is 22.8 Å². The lowest BCUT2D eigenvalue weighted by Crippen LogP contribution is -2.38. The van der Waals surface area contributed by atoms with Crippen LogP contribution in [0.1, 0.15) is 67.2 Å². The van der Waals surface area contributed by atoms with Gasteiger partial charge in [0.2, 0.25) is 0 Å². The second-order valence-electron chi connectivity index (χ2n) is 11.2. The highest BCUT2D eigenvalue weighted by Gasteiger charge is 2.31. The summed E-state index contributed by atoms with van der Waals surface area (Å²) >= 11 is 7.67. The highest BCUT2D eigenvalue weighted by Crippen LogP contribution is 2.34. The van der Waals surface area contributed by atoms with Gasteiger partial charge in [0.1, 0.15) is 5.01 Å². The molecule has 2 aromatic carbocycles. The Morgan fingerprint density at radius 2 is 1.74 bits per heavy atom. The third-order valence-electron chi connectivity index (χ3n) is 7.69. The largest absolute Gasteiger partial charge is 0.416 e. The first-order chi connectivity index (χ1) is 20.5. The van der Waals surface area contributed by atoms with Gasteiger partial charge in [-0.1, -0.05) is 50.6 Å². The summed E-state index contributed by atoms with van der Waals surface area (Å²) in [6, 6.07) is 11.9. The van der Waals surface area contributed by atoms with Crippen LogP contribution in [-0.2, 0) is 19.0 Å². The van der Waals surface area contributed by atoms with Crippen LogP contribution in [0, 0.1) is 5.92 Å². The van der Waals surface area contributed by atoms with Crippen LogP contribution in [0.3, 0.4) is 0 Å². The van der Waals surface area contributed by atoms with E-state index >= 15 is 0 Å². The maximum atomic E-state index is 14.4. The Morgan fingerprint density at radius 3 is 2.37 bits per heavy atom. The molecule has 1 fully saturated rings. The van der Waals surface area contributed by atoms with E-state index in [0.717, 1.165) is 37.0 Å². The molecule has 4 aromatic rings. The Bertz CT molecular complexity index is 1690. The zero-order valence-corrected chi connectivity index (χ0v) is 25.9. The number of alkyl halides is 3. The average Bonchev–Trinajstić information content (AvgIpc) is 3.47. The number of aryl methyl sites for hydroxylation is 1. The number of pyridine rings is 1. The molecule has 5 nitrogen and oxygen atoms in total. The van der Waals surface area contributed by atoms with Gasteiger partial charge in [-0.05, 0) is 73.9 Å². The minimum Gasteiger partial charge on any atom is -0.339 e. The summed E-state index contributed by atoms with van der Waals surface area (Å²) in [6.45, 7) is 7.41. The number of hydrogen-bond acceptors (Lipinski definition) is 4. The third-order valence-corrected chi connectivity index (χ3v) is 8.80. The van der Waals surface area contributed by atoms with Crippen LogP contribution in [0.5, 0.6) is 0 Å². The maximum Gasteiger partial charge on any atom is 0.416 e. The van der Waals surface area contributed by atoms with E-state index in [-0.39, 0.29) is 22.9 Å². The lowest BCUT2D eigenvalue weighted by molar-refractivity contribution is -0.137. The molecule has 0 radical (unpaired) electrons. The topological polar surface area (TPSA) is 55.2 Å². The van der Waals surface area contributed by atoms with Crippen molar-refractivity contribution in [3.63, 3.8) is 0 Å².